The van der Waals surface area contributed by atoms with Crippen LogP contribution in [0.4, 0.5) is 5.82 Å². The van der Waals surface area contributed by atoms with E-state index in [-0.39, 0.29) is 0 Å². The maximum atomic E-state index is 12.1. The Hall–Kier alpha value is -1.08. The molecule has 0 aromatic carbocycles. The molecular formula is C10H18N4O2S. The van der Waals surface area contributed by atoms with Gasteiger partial charge in [-0.15, -0.1) is 0 Å². The Balaban J connectivity index is 2.08. The molecule has 1 aliphatic rings. The van der Waals surface area contributed by atoms with E-state index in [2.05, 4.69) is 16.7 Å². The Bertz CT molecular complexity index is 482. The minimum Gasteiger partial charge on any atom is -0.274 e. The van der Waals surface area contributed by atoms with Crippen LogP contribution < -0.4 is 4.72 Å². The number of aryl methyl sites for hydroxylation is 1. The second-order valence-corrected chi connectivity index (χ2v) is 6.26. The van der Waals surface area contributed by atoms with E-state index in [0.717, 1.165) is 12.8 Å². The van der Waals surface area contributed by atoms with Crippen LogP contribution in [0, 0.1) is 5.92 Å². The van der Waals surface area contributed by atoms with Crippen LogP contribution >= 0.6 is 0 Å². The van der Waals surface area contributed by atoms with E-state index in [1.54, 1.807) is 24.0 Å². The van der Waals surface area contributed by atoms with Gasteiger partial charge in [0.25, 0.3) is 0 Å². The Morgan fingerprint density at radius 1 is 1.53 bits per heavy atom. The molecule has 0 unspecified atom stereocenters. The third-order valence-electron chi connectivity index (χ3n) is 2.91. The van der Waals surface area contributed by atoms with Gasteiger partial charge in [0.1, 0.15) is 0 Å². The van der Waals surface area contributed by atoms with Crippen molar-refractivity contribution >= 4 is 16.0 Å². The Morgan fingerprint density at radius 3 is 2.88 bits per heavy atom. The van der Waals surface area contributed by atoms with Gasteiger partial charge in [0.15, 0.2) is 5.82 Å². The highest BCUT2D eigenvalue weighted by molar-refractivity contribution is 7.90. The average molecular weight is 258 g/mol. The van der Waals surface area contributed by atoms with E-state index in [0.29, 0.717) is 24.8 Å². The lowest BCUT2D eigenvalue weighted by molar-refractivity contribution is 0.282. The van der Waals surface area contributed by atoms with Gasteiger partial charge in [0, 0.05) is 32.4 Å². The van der Waals surface area contributed by atoms with Crippen LogP contribution in [0.15, 0.2) is 12.3 Å². The lowest BCUT2D eigenvalue weighted by Gasteiger charge is -2.29. The van der Waals surface area contributed by atoms with Crippen molar-refractivity contribution in [1.82, 2.24) is 14.1 Å². The van der Waals surface area contributed by atoms with Crippen molar-refractivity contribution in [3.8, 4) is 0 Å². The zero-order valence-electron chi connectivity index (χ0n) is 10.1. The van der Waals surface area contributed by atoms with Gasteiger partial charge in [-0.05, 0) is 18.8 Å². The monoisotopic (exact) mass is 258 g/mol. The zero-order valence-corrected chi connectivity index (χ0v) is 10.9. The SMILES string of the molecule is C[C@H]1CCCN(S(=O)(=O)Nc2ccn(C)n2)C1. The topological polar surface area (TPSA) is 67.2 Å². The van der Waals surface area contributed by atoms with Crippen molar-refractivity contribution in [2.75, 3.05) is 17.8 Å². The van der Waals surface area contributed by atoms with Crippen molar-refractivity contribution in [2.24, 2.45) is 13.0 Å². The van der Waals surface area contributed by atoms with Crippen LogP contribution in [0.1, 0.15) is 19.8 Å². The summed E-state index contributed by atoms with van der Waals surface area (Å²) in [6.45, 7) is 3.25. The zero-order chi connectivity index (χ0) is 12.5. The van der Waals surface area contributed by atoms with Crippen molar-refractivity contribution in [3.63, 3.8) is 0 Å². The number of hydrogen-bond acceptors (Lipinski definition) is 3. The van der Waals surface area contributed by atoms with Gasteiger partial charge in [-0.1, -0.05) is 6.92 Å². The minimum absolute atomic E-state index is 0.366. The standard InChI is InChI=1S/C10H18N4O2S/c1-9-4-3-6-14(8-9)17(15,16)12-10-5-7-13(2)11-10/h5,7,9H,3-4,6,8H2,1-2H3,(H,11,12)/t9-/m0/s1. The van der Waals surface area contributed by atoms with Crippen molar-refractivity contribution in [3.05, 3.63) is 12.3 Å². The van der Waals surface area contributed by atoms with Crippen LogP contribution in [-0.4, -0.2) is 35.6 Å². The molecule has 1 aromatic rings. The first-order chi connectivity index (χ1) is 7.97. The number of aromatic nitrogens is 2. The second-order valence-electron chi connectivity index (χ2n) is 4.59. The molecule has 0 aliphatic carbocycles. The molecule has 17 heavy (non-hydrogen) atoms. The number of nitrogens with zero attached hydrogens (tertiary/aromatic N) is 3. The predicted octanol–water partition coefficient (Wildman–Crippen LogP) is 0.809. The maximum absolute atomic E-state index is 12.1. The third-order valence-corrected chi connectivity index (χ3v) is 4.39. The lowest BCUT2D eigenvalue weighted by atomic mass is 10.0. The number of nitrogens with one attached hydrogen (secondary N) is 1. The van der Waals surface area contributed by atoms with E-state index >= 15 is 0 Å². The summed E-state index contributed by atoms with van der Waals surface area (Å²) in [4.78, 5) is 0. The van der Waals surface area contributed by atoms with E-state index in [4.69, 9.17) is 0 Å². The Labute approximate surface area is 102 Å². The van der Waals surface area contributed by atoms with Crippen LogP contribution in [0.3, 0.4) is 0 Å². The van der Waals surface area contributed by atoms with Crippen molar-refractivity contribution < 1.29 is 8.42 Å². The summed E-state index contributed by atoms with van der Waals surface area (Å²) in [5.74, 6) is 0.787. The molecule has 1 fully saturated rings. The molecule has 1 saturated heterocycles. The summed E-state index contributed by atoms with van der Waals surface area (Å²) in [6, 6.07) is 1.64. The first kappa shape index (κ1) is 12.4. The first-order valence-electron chi connectivity index (χ1n) is 5.75. The van der Waals surface area contributed by atoms with Crippen molar-refractivity contribution in [1.29, 1.82) is 0 Å². The van der Waals surface area contributed by atoms with E-state index in [1.807, 2.05) is 0 Å². The number of piperidine rings is 1. The molecule has 0 amide bonds. The molecule has 96 valence electrons. The van der Waals surface area contributed by atoms with Crippen LogP contribution in [-0.2, 0) is 17.3 Å². The summed E-state index contributed by atoms with van der Waals surface area (Å²) in [5.41, 5.74) is 0. The fourth-order valence-electron chi connectivity index (χ4n) is 2.03. The molecule has 1 aromatic heterocycles. The molecule has 6 nitrogen and oxygen atoms in total. The molecule has 2 heterocycles. The smallest absolute Gasteiger partial charge is 0.274 e. The summed E-state index contributed by atoms with van der Waals surface area (Å²) in [6.07, 6.45) is 3.72. The first-order valence-corrected chi connectivity index (χ1v) is 7.19. The number of rotatable bonds is 3. The third kappa shape index (κ3) is 2.98. The molecule has 1 atom stereocenters. The largest absolute Gasteiger partial charge is 0.302 e. The van der Waals surface area contributed by atoms with Gasteiger partial charge in [-0.2, -0.15) is 17.8 Å². The van der Waals surface area contributed by atoms with Gasteiger partial charge in [0.2, 0.25) is 0 Å². The lowest BCUT2D eigenvalue weighted by Crippen LogP contribution is -2.42. The predicted molar refractivity (Wildman–Crippen MR) is 65.7 cm³/mol. The minimum atomic E-state index is -3.45. The van der Waals surface area contributed by atoms with E-state index in [1.165, 1.54) is 4.31 Å². The van der Waals surface area contributed by atoms with Crippen molar-refractivity contribution in [2.45, 2.75) is 19.8 Å². The van der Waals surface area contributed by atoms with Gasteiger partial charge >= 0.3 is 10.2 Å². The molecule has 0 saturated carbocycles. The van der Waals surface area contributed by atoms with Crippen LogP contribution in [0.2, 0.25) is 0 Å². The molecule has 0 bridgehead atoms. The van der Waals surface area contributed by atoms with Gasteiger partial charge in [-0.25, -0.2) is 0 Å². The molecule has 0 radical (unpaired) electrons. The molecule has 1 aliphatic heterocycles. The fraction of sp³-hybridized carbons (Fsp3) is 0.700. The van der Waals surface area contributed by atoms with Gasteiger partial charge < -0.3 is 0 Å². The Morgan fingerprint density at radius 2 is 2.29 bits per heavy atom. The molecule has 0 spiro atoms. The van der Waals surface area contributed by atoms with Gasteiger partial charge in [0.05, 0.1) is 0 Å². The molecular weight excluding hydrogens is 240 g/mol. The second kappa shape index (κ2) is 4.66. The molecule has 7 heteroatoms. The number of hydrogen-bond donors (Lipinski definition) is 1. The number of anilines is 1. The Kier molecular flexibility index (Phi) is 3.39. The summed E-state index contributed by atoms with van der Waals surface area (Å²) >= 11 is 0. The van der Waals surface area contributed by atoms with Crippen LogP contribution in [0.5, 0.6) is 0 Å². The highest BCUT2D eigenvalue weighted by Gasteiger charge is 2.27. The van der Waals surface area contributed by atoms with Crippen LogP contribution in [0.25, 0.3) is 0 Å². The molecule has 1 N–H and O–H groups in total. The molecule has 2 rings (SSSR count). The average Bonchev–Trinajstić information content (AvgIpc) is 2.63. The maximum Gasteiger partial charge on any atom is 0.302 e. The van der Waals surface area contributed by atoms with Gasteiger partial charge in [-0.3, -0.25) is 9.40 Å². The highest BCUT2D eigenvalue weighted by Crippen LogP contribution is 2.19. The van der Waals surface area contributed by atoms with E-state index in [9.17, 15) is 8.42 Å². The fourth-order valence-corrected chi connectivity index (χ4v) is 3.35. The normalized spacial score (nSPS) is 22.6. The summed E-state index contributed by atoms with van der Waals surface area (Å²) in [7, 11) is -1.70. The highest BCUT2D eigenvalue weighted by atomic mass is 32.2. The summed E-state index contributed by atoms with van der Waals surface area (Å²) < 4.78 is 29.7. The van der Waals surface area contributed by atoms with E-state index < -0.39 is 10.2 Å². The quantitative estimate of drug-likeness (QED) is 0.872. The summed E-state index contributed by atoms with van der Waals surface area (Å²) in [5, 5.41) is 4.01.